The zero-order valence-corrected chi connectivity index (χ0v) is 9.82. The Balaban J connectivity index is 2.16. The molecule has 1 fully saturated rings. The molecule has 1 unspecified atom stereocenters. The summed E-state index contributed by atoms with van der Waals surface area (Å²) < 4.78 is 0. The van der Waals surface area contributed by atoms with E-state index in [0.29, 0.717) is 0 Å². The van der Waals surface area contributed by atoms with Gasteiger partial charge >= 0.3 is 0 Å². The largest absolute Gasteiger partial charge is 0.395 e. The van der Waals surface area contributed by atoms with E-state index in [0.717, 1.165) is 26.1 Å². The number of aliphatic hydroxyl groups is 1. The van der Waals surface area contributed by atoms with Gasteiger partial charge in [-0.3, -0.25) is 0 Å². The van der Waals surface area contributed by atoms with Gasteiger partial charge in [-0.2, -0.15) is 0 Å². The van der Waals surface area contributed by atoms with E-state index in [1.807, 2.05) is 0 Å². The van der Waals surface area contributed by atoms with E-state index < -0.39 is 0 Å². The minimum Gasteiger partial charge on any atom is -0.395 e. The first-order valence-corrected chi connectivity index (χ1v) is 5.96. The molecule has 16 heavy (non-hydrogen) atoms. The fourth-order valence-electron chi connectivity index (χ4n) is 2.26. The monoisotopic (exact) mass is 220 g/mol. The predicted octanol–water partition coefficient (Wildman–Crippen LogP) is 1.16. The van der Waals surface area contributed by atoms with Gasteiger partial charge in [0.2, 0.25) is 0 Å². The normalized spacial score (nSPS) is 21.9. The number of aryl methyl sites for hydroxylation is 1. The molecule has 1 aromatic carbocycles. The van der Waals surface area contributed by atoms with Gasteiger partial charge in [-0.1, -0.05) is 18.2 Å². The van der Waals surface area contributed by atoms with Gasteiger partial charge in [-0.05, 0) is 31.5 Å². The Bertz CT molecular complexity index is 340. The first-order valence-electron chi connectivity index (χ1n) is 5.96. The van der Waals surface area contributed by atoms with E-state index in [4.69, 9.17) is 0 Å². The van der Waals surface area contributed by atoms with E-state index in [2.05, 4.69) is 41.4 Å². The number of hydrogen-bond acceptors (Lipinski definition) is 3. The van der Waals surface area contributed by atoms with E-state index in [-0.39, 0.29) is 12.6 Å². The highest BCUT2D eigenvalue weighted by Crippen LogP contribution is 2.20. The predicted molar refractivity (Wildman–Crippen MR) is 66.9 cm³/mol. The molecule has 1 aliphatic heterocycles. The van der Waals surface area contributed by atoms with Crippen LogP contribution in [0.1, 0.15) is 12.0 Å². The molecule has 88 valence electrons. The van der Waals surface area contributed by atoms with E-state index in [1.165, 1.54) is 11.3 Å². The van der Waals surface area contributed by atoms with Crippen molar-refractivity contribution in [3.63, 3.8) is 0 Å². The van der Waals surface area contributed by atoms with Crippen molar-refractivity contribution in [1.29, 1.82) is 0 Å². The minimum absolute atomic E-state index is 0.196. The molecule has 0 radical (unpaired) electrons. The number of benzene rings is 1. The quantitative estimate of drug-likeness (QED) is 0.785. The number of rotatable bonds is 2. The molecule has 2 N–H and O–H groups in total. The van der Waals surface area contributed by atoms with Crippen LogP contribution in [-0.4, -0.2) is 37.4 Å². The molecule has 2 rings (SSSR count). The zero-order valence-electron chi connectivity index (χ0n) is 9.82. The molecule has 0 bridgehead atoms. The van der Waals surface area contributed by atoms with Crippen molar-refractivity contribution in [1.82, 2.24) is 5.32 Å². The fourth-order valence-corrected chi connectivity index (χ4v) is 2.26. The lowest BCUT2D eigenvalue weighted by molar-refractivity contribution is 0.248. The second-order valence-corrected chi connectivity index (χ2v) is 4.42. The van der Waals surface area contributed by atoms with Crippen molar-refractivity contribution in [2.45, 2.75) is 19.4 Å². The number of nitrogens with one attached hydrogen (secondary N) is 1. The number of nitrogens with zero attached hydrogens (tertiary/aromatic N) is 1. The maximum atomic E-state index is 9.26. The average molecular weight is 220 g/mol. The molecule has 0 amide bonds. The molecule has 0 saturated carbocycles. The van der Waals surface area contributed by atoms with Crippen molar-refractivity contribution in [3.8, 4) is 0 Å². The fraction of sp³-hybridized carbons (Fsp3) is 0.538. The summed E-state index contributed by atoms with van der Waals surface area (Å²) >= 11 is 0. The summed E-state index contributed by atoms with van der Waals surface area (Å²) in [4.78, 5) is 2.37. The molecule has 0 aromatic heterocycles. The van der Waals surface area contributed by atoms with Crippen LogP contribution in [-0.2, 0) is 0 Å². The van der Waals surface area contributed by atoms with E-state index in [1.54, 1.807) is 0 Å². The molecular formula is C13H20N2O. The van der Waals surface area contributed by atoms with Crippen LogP contribution in [0.3, 0.4) is 0 Å². The highest BCUT2D eigenvalue weighted by Gasteiger charge is 2.17. The van der Waals surface area contributed by atoms with E-state index >= 15 is 0 Å². The van der Waals surface area contributed by atoms with Gasteiger partial charge in [0.25, 0.3) is 0 Å². The lowest BCUT2D eigenvalue weighted by atomic mass is 10.1. The van der Waals surface area contributed by atoms with Crippen LogP contribution in [0.2, 0.25) is 0 Å². The van der Waals surface area contributed by atoms with Crippen molar-refractivity contribution in [2.24, 2.45) is 0 Å². The standard InChI is InChI=1S/C13H20N2O/c1-11-5-2-3-6-13(11)15-8-4-7-14-12(9-15)10-16/h2-3,5-6,12,14,16H,4,7-10H2,1H3. The molecule has 0 spiro atoms. The van der Waals surface area contributed by atoms with Crippen LogP contribution in [0.5, 0.6) is 0 Å². The Morgan fingerprint density at radius 1 is 1.44 bits per heavy atom. The summed E-state index contributed by atoms with van der Waals surface area (Å²) in [6.07, 6.45) is 1.13. The molecule has 1 aliphatic rings. The van der Waals surface area contributed by atoms with Crippen molar-refractivity contribution >= 4 is 5.69 Å². The van der Waals surface area contributed by atoms with Gasteiger partial charge in [-0.25, -0.2) is 0 Å². The molecule has 0 aliphatic carbocycles. The number of para-hydroxylation sites is 1. The van der Waals surface area contributed by atoms with E-state index in [9.17, 15) is 5.11 Å². The second kappa shape index (κ2) is 5.32. The molecule has 1 saturated heterocycles. The summed E-state index contributed by atoms with van der Waals surface area (Å²) in [7, 11) is 0. The molecular weight excluding hydrogens is 200 g/mol. The number of aliphatic hydroxyl groups excluding tert-OH is 1. The Kier molecular flexibility index (Phi) is 3.80. The third-order valence-corrected chi connectivity index (χ3v) is 3.16. The SMILES string of the molecule is Cc1ccccc1N1CCCNC(CO)C1. The first-order chi connectivity index (χ1) is 7.81. The van der Waals surface area contributed by atoms with Gasteiger partial charge in [0.15, 0.2) is 0 Å². The summed E-state index contributed by atoms with van der Waals surface area (Å²) in [5.74, 6) is 0. The number of anilines is 1. The van der Waals surface area contributed by atoms with Gasteiger partial charge < -0.3 is 15.3 Å². The van der Waals surface area contributed by atoms with Gasteiger partial charge in [0.1, 0.15) is 0 Å². The molecule has 3 heteroatoms. The van der Waals surface area contributed by atoms with Crippen molar-refractivity contribution < 1.29 is 5.11 Å². The highest BCUT2D eigenvalue weighted by atomic mass is 16.3. The van der Waals surface area contributed by atoms with Crippen LogP contribution in [0, 0.1) is 6.92 Å². The minimum atomic E-state index is 0.196. The summed E-state index contributed by atoms with van der Waals surface area (Å²) in [6.45, 7) is 5.30. The lowest BCUT2D eigenvalue weighted by Crippen LogP contribution is -2.40. The maximum Gasteiger partial charge on any atom is 0.0601 e. The molecule has 1 atom stereocenters. The maximum absolute atomic E-state index is 9.26. The third-order valence-electron chi connectivity index (χ3n) is 3.16. The Labute approximate surface area is 97.1 Å². The van der Waals surface area contributed by atoms with Crippen molar-refractivity contribution in [3.05, 3.63) is 29.8 Å². The third kappa shape index (κ3) is 2.54. The van der Waals surface area contributed by atoms with Crippen molar-refractivity contribution in [2.75, 3.05) is 31.1 Å². The summed E-state index contributed by atoms with van der Waals surface area (Å²) in [5, 5.41) is 12.6. The second-order valence-electron chi connectivity index (χ2n) is 4.42. The van der Waals surface area contributed by atoms with Gasteiger partial charge in [-0.15, -0.1) is 0 Å². The first kappa shape index (κ1) is 11.4. The highest BCUT2D eigenvalue weighted by molar-refractivity contribution is 5.53. The Hall–Kier alpha value is -1.06. The van der Waals surface area contributed by atoms with Crippen LogP contribution in [0.15, 0.2) is 24.3 Å². The van der Waals surface area contributed by atoms with Gasteiger partial charge in [0, 0.05) is 24.8 Å². The summed E-state index contributed by atoms with van der Waals surface area (Å²) in [5.41, 5.74) is 2.60. The molecule has 3 nitrogen and oxygen atoms in total. The van der Waals surface area contributed by atoms with Crippen LogP contribution in [0.25, 0.3) is 0 Å². The van der Waals surface area contributed by atoms with Crippen LogP contribution in [0.4, 0.5) is 5.69 Å². The molecule has 1 aromatic rings. The number of hydrogen-bond donors (Lipinski definition) is 2. The zero-order chi connectivity index (χ0) is 11.4. The Morgan fingerprint density at radius 2 is 2.25 bits per heavy atom. The average Bonchev–Trinajstić information content (AvgIpc) is 2.55. The van der Waals surface area contributed by atoms with Crippen LogP contribution >= 0.6 is 0 Å². The topological polar surface area (TPSA) is 35.5 Å². The molecule has 1 heterocycles. The van der Waals surface area contributed by atoms with Crippen LogP contribution < -0.4 is 10.2 Å². The Morgan fingerprint density at radius 3 is 3.00 bits per heavy atom. The lowest BCUT2D eigenvalue weighted by Gasteiger charge is -2.27. The van der Waals surface area contributed by atoms with Gasteiger partial charge in [0.05, 0.1) is 6.61 Å². The smallest absolute Gasteiger partial charge is 0.0601 e. The summed E-state index contributed by atoms with van der Waals surface area (Å²) in [6, 6.07) is 8.64.